The molecule has 0 aromatic carbocycles. The lowest BCUT2D eigenvalue weighted by Crippen LogP contribution is -2.37. The standard InChI is InChI=1S/C13H23BNO3S2/c16-13(11-7-6-8-11)19-14-15-20(17,18)12-9-4-2-1-3-5-10-12/h11-12,15H,1-10H2. The van der Waals surface area contributed by atoms with Gasteiger partial charge in [0, 0.05) is 5.92 Å². The molecule has 4 nitrogen and oxygen atoms in total. The van der Waals surface area contributed by atoms with Gasteiger partial charge >= 0.3 is 6.69 Å². The molecule has 7 heteroatoms. The molecule has 0 heterocycles. The van der Waals surface area contributed by atoms with Crippen LogP contribution in [-0.4, -0.2) is 25.5 Å². The molecule has 20 heavy (non-hydrogen) atoms. The highest BCUT2D eigenvalue weighted by Gasteiger charge is 2.28. The van der Waals surface area contributed by atoms with E-state index >= 15 is 0 Å². The molecule has 0 amide bonds. The van der Waals surface area contributed by atoms with E-state index in [2.05, 4.69) is 4.63 Å². The minimum Gasteiger partial charge on any atom is -0.288 e. The number of carbonyl (C=O) groups excluding carboxylic acids is 1. The molecule has 2 rings (SSSR count). The number of hydrogen-bond acceptors (Lipinski definition) is 4. The number of hydrogen-bond donors (Lipinski definition) is 1. The number of nitrogens with one attached hydrogen (secondary N) is 1. The Morgan fingerprint density at radius 1 is 0.950 bits per heavy atom. The molecular formula is C13H23BNO3S2. The van der Waals surface area contributed by atoms with E-state index in [1.807, 2.05) is 0 Å². The van der Waals surface area contributed by atoms with Crippen molar-refractivity contribution in [2.75, 3.05) is 0 Å². The highest BCUT2D eigenvalue weighted by Crippen LogP contribution is 2.30. The summed E-state index contributed by atoms with van der Waals surface area (Å²) in [6, 6.07) is 0. The maximum absolute atomic E-state index is 12.2. The van der Waals surface area contributed by atoms with Crippen LogP contribution in [0.5, 0.6) is 0 Å². The monoisotopic (exact) mass is 316 g/mol. The van der Waals surface area contributed by atoms with Gasteiger partial charge in [-0.05, 0) is 25.7 Å². The first-order valence-corrected chi connectivity index (χ1v) is 10.1. The predicted molar refractivity (Wildman–Crippen MR) is 83.9 cm³/mol. The molecule has 0 bridgehead atoms. The van der Waals surface area contributed by atoms with Crippen molar-refractivity contribution in [1.29, 1.82) is 0 Å². The SMILES string of the molecule is O=C(S[B]NS(=O)(=O)C1CCCCCCC1)C1CCC1. The molecule has 0 aromatic rings. The Kier molecular flexibility index (Phi) is 6.42. The molecule has 113 valence electrons. The van der Waals surface area contributed by atoms with Gasteiger partial charge in [-0.25, -0.2) is 13.1 Å². The van der Waals surface area contributed by atoms with Crippen LogP contribution in [-0.2, 0) is 14.8 Å². The number of sulfonamides is 1. The van der Waals surface area contributed by atoms with E-state index in [1.54, 1.807) is 0 Å². The molecule has 0 spiro atoms. The quantitative estimate of drug-likeness (QED) is 0.792. The maximum atomic E-state index is 12.2. The highest BCUT2D eigenvalue weighted by atomic mass is 32.2. The topological polar surface area (TPSA) is 63.2 Å². The average Bonchev–Trinajstić information content (AvgIpc) is 2.24. The van der Waals surface area contributed by atoms with Crippen molar-refractivity contribution in [2.24, 2.45) is 5.92 Å². The average molecular weight is 316 g/mol. The largest absolute Gasteiger partial charge is 0.311 e. The summed E-state index contributed by atoms with van der Waals surface area (Å²) in [5, 5.41) is -0.199. The Balaban J connectivity index is 1.75. The fraction of sp³-hybridized carbons (Fsp3) is 0.923. The van der Waals surface area contributed by atoms with E-state index in [0.717, 1.165) is 69.4 Å². The predicted octanol–water partition coefficient (Wildman–Crippen LogP) is 2.61. The zero-order valence-corrected chi connectivity index (χ0v) is 13.5. The van der Waals surface area contributed by atoms with Crippen molar-refractivity contribution >= 4 is 33.4 Å². The summed E-state index contributed by atoms with van der Waals surface area (Å²) >= 11 is 1.01. The summed E-state index contributed by atoms with van der Waals surface area (Å²) in [5.41, 5.74) is 0. The zero-order chi connectivity index (χ0) is 14.4. The lowest BCUT2D eigenvalue weighted by atomic mass is 9.87. The van der Waals surface area contributed by atoms with E-state index < -0.39 is 10.0 Å². The van der Waals surface area contributed by atoms with Gasteiger partial charge in [0.2, 0.25) is 10.0 Å². The fourth-order valence-electron chi connectivity index (χ4n) is 2.71. The maximum Gasteiger partial charge on any atom is 0.311 e. The van der Waals surface area contributed by atoms with Crippen LogP contribution >= 0.6 is 11.6 Å². The van der Waals surface area contributed by atoms with Gasteiger partial charge in [-0.15, -0.1) is 11.6 Å². The van der Waals surface area contributed by atoms with Crippen LogP contribution in [0.25, 0.3) is 0 Å². The molecule has 1 N–H and O–H groups in total. The molecule has 0 unspecified atom stereocenters. The summed E-state index contributed by atoms with van der Waals surface area (Å²) in [6.45, 7) is 1.37. The Labute approximate surface area is 127 Å². The molecule has 2 fully saturated rings. The molecule has 0 saturated heterocycles. The number of carbonyl (C=O) groups is 1. The third-order valence-corrected chi connectivity index (χ3v) is 7.06. The first kappa shape index (κ1) is 16.4. The van der Waals surface area contributed by atoms with Gasteiger partial charge in [0.1, 0.15) is 0 Å². The van der Waals surface area contributed by atoms with Crippen LogP contribution < -0.4 is 4.63 Å². The van der Waals surface area contributed by atoms with Crippen LogP contribution in [0, 0.1) is 5.92 Å². The zero-order valence-electron chi connectivity index (χ0n) is 11.8. The first-order valence-electron chi connectivity index (χ1n) is 7.63. The molecule has 2 aliphatic rings. The van der Waals surface area contributed by atoms with Crippen LogP contribution in [0.1, 0.15) is 64.2 Å². The lowest BCUT2D eigenvalue weighted by Gasteiger charge is -2.23. The second kappa shape index (κ2) is 7.85. The van der Waals surface area contributed by atoms with Crippen LogP contribution in [0.15, 0.2) is 0 Å². The summed E-state index contributed by atoms with van der Waals surface area (Å²) in [6.07, 6.45) is 9.95. The van der Waals surface area contributed by atoms with E-state index in [9.17, 15) is 13.2 Å². The van der Waals surface area contributed by atoms with Crippen molar-refractivity contribution in [2.45, 2.75) is 69.5 Å². The second-order valence-corrected chi connectivity index (χ2v) is 8.68. The smallest absolute Gasteiger partial charge is 0.288 e. The van der Waals surface area contributed by atoms with Crippen LogP contribution in [0.4, 0.5) is 0 Å². The minimum atomic E-state index is -3.31. The summed E-state index contributed by atoms with van der Waals surface area (Å²) in [7, 11) is -3.31. The van der Waals surface area contributed by atoms with Gasteiger partial charge in [0.25, 0.3) is 0 Å². The van der Waals surface area contributed by atoms with E-state index in [4.69, 9.17) is 0 Å². The summed E-state index contributed by atoms with van der Waals surface area (Å²) < 4.78 is 26.9. The normalized spacial score (nSPS) is 22.6. The van der Waals surface area contributed by atoms with Crippen LogP contribution in [0.2, 0.25) is 0 Å². The molecule has 2 aliphatic carbocycles. The number of rotatable bonds is 5. The molecular weight excluding hydrogens is 293 g/mol. The van der Waals surface area contributed by atoms with Crippen molar-refractivity contribution in [3.8, 4) is 0 Å². The highest BCUT2D eigenvalue weighted by molar-refractivity contribution is 8.34. The van der Waals surface area contributed by atoms with Gasteiger partial charge in [0.15, 0.2) is 5.12 Å². The van der Waals surface area contributed by atoms with Crippen molar-refractivity contribution in [1.82, 2.24) is 4.63 Å². The minimum absolute atomic E-state index is 0.0941. The molecule has 0 aromatic heterocycles. The van der Waals surface area contributed by atoms with Crippen LogP contribution in [0.3, 0.4) is 0 Å². The first-order chi connectivity index (χ1) is 9.59. The Hall–Kier alpha value is -0.00506. The van der Waals surface area contributed by atoms with Gasteiger partial charge in [0.05, 0.1) is 5.25 Å². The molecule has 2 saturated carbocycles. The van der Waals surface area contributed by atoms with Crippen molar-refractivity contribution in [3.05, 3.63) is 0 Å². The molecule has 0 aliphatic heterocycles. The van der Waals surface area contributed by atoms with Gasteiger partial charge in [-0.2, -0.15) is 0 Å². The van der Waals surface area contributed by atoms with Crippen molar-refractivity contribution < 1.29 is 13.2 Å². The Morgan fingerprint density at radius 3 is 2.10 bits per heavy atom. The van der Waals surface area contributed by atoms with Crippen molar-refractivity contribution in [3.63, 3.8) is 0 Å². The third-order valence-electron chi connectivity index (χ3n) is 4.32. The Bertz CT molecular complexity index is 415. The van der Waals surface area contributed by atoms with Gasteiger partial charge in [-0.3, -0.25) is 4.79 Å². The van der Waals surface area contributed by atoms with Gasteiger partial charge in [-0.1, -0.05) is 38.5 Å². The summed E-state index contributed by atoms with van der Waals surface area (Å²) in [5.74, 6) is 0.141. The molecule has 0 atom stereocenters. The summed E-state index contributed by atoms with van der Waals surface area (Å²) in [4.78, 5) is 11.7. The van der Waals surface area contributed by atoms with E-state index in [-0.39, 0.29) is 16.3 Å². The fourth-order valence-corrected chi connectivity index (χ4v) is 5.13. The Morgan fingerprint density at radius 2 is 1.55 bits per heavy atom. The molecule has 1 radical (unpaired) electrons. The van der Waals surface area contributed by atoms with Gasteiger partial charge < -0.3 is 0 Å². The second-order valence-electron chi connectivity index (χ2n) is 5.81. The van der Waals surface area contributed by atoms with E-state index in [0.29, 0.717) is 0 Å². The lowest BCUT2D eigenvalue weighted by molar-refractivity contribution is -0.116. The van der Waals surface area contributed by atoms with E-state index in [1.165, 1.54) is 13.1 Å². The third kappa shape index (κ3) is 4.77.